The van der Waals surface area contributed by atoms with Gasteiger partial charge < -0.3 is 5.32 Å². The largest absolute Gasteiger partial charge is 0.311 e. The van der Waals surface area contributed by atoms with Crippen molar-refractivity contribution in [3.63, 3.8) is 0 Å². The van der Waals surface area contributed by atoms with Gasteiger partial charge in [0.15, 0.2) is 0 Å². The summed E-state index contributed by atoms with van der Waals surface area (Å²) in [4.78, 5) is 2.63. The molecular formula is C16H30N4. The van der Waals surface area contributed by atoms with E-state index in [9.17, 15) is 0 Å². The highest BCUT2D eigenvalue weighted by Crippen LogP contribution is 2.21. The minimum absolute atomic E-state index is 0.609. The molecule has 1 aliphatic rings. The molecule has 4 nitrogen and oxygen atoms in total. The van der Waals surface area contributed by atoms with Gasteiger partial charge in [0.1, 0.15) is 0 Å². The zero-order chi connectivity index (χ0) is 14.7. The second-order valence-electron chi connectivity index (χ2n) is 6.62. The molecule has 0 saturated carbocycles. The Morgan fingerprint density at radius 2 is 2.15 bits per heavy atom. The van der Waals surface area contributed by atoms with Crippen LogP contribution in [-0.2, 0) is 13.6 Å². The Hall–Kier alpha value is -0.870. The summed E-state index contributed by atoms with van der Waals surface area (Å²) in [5.74, 6) is 1.40. The predicted octanol–water partition coefficient (Wildman–Crippen LogP) is 2.26. The second kappa shape index (κ2) is 6.72. The molecule has 1 fully saturated rings. The molecule has 4 heteroatoms. The topological polar surface area (TPSA) is 33.1 Å². The van der Waals surface area contributed by atoms with Crippen molar-refractivity contribution in [2.24, 2.45) is 18.9 Å². The monoisotopic (exact) mass is 278 g/mol. The molecule has 1 N–H and O–H groups in total. The van der Waals surface area contributed by atoms with Crippen LogP contribution < -0.4 is 5.32 Å². The Morgan fingerprint density at radius 3 is 2.70 bits per heavy atom. The maximum Gasteiger partial charge on any atom is 0.0764 e. The molecule has 0 spiro atoms. The van der Waals surface area contributed by atoms with Crippen LogP contribution in [0.2, 0.25) is 0 Å². The summed E-state index contributed by atoms with van der Waals surface area (Å²) in [5.41, 5.74) is 1.18. The molecule has 3 unspecified atom stereocenters. The minimum Gasteiger partial charge on any atom is -0.311 e. The van der Waals surface area contributed by atoms with Crippen molar-refractivity contribution in [2.45, 2.75) is 52.7 Å². The first-order chi connectivity index (χ1) is 9.51. The molecule has 114 valence electrons. The summed E-state index contributed by atoms with van der Waals surface area (Å²) in [6.07, 6.45) is 3.27. The molecule has 3 atom stereocenters. The SMILES string of the molecule is CCC(C)C1CN(Cc2ccn(C)n2)C(C(C)C)CN1. The number of hydrogen-bond donors (Lipinski definition) is 1. The first kappa shape index (κ1) is 15.5. The number of rotatable bonds is 5. The highest BCUT2D eigenvalue weighted by Gasteiger charge is 2.31. The van der Waals surface area contributed by atoms with Gasteiger partial charge in [-0.1, -0.05) is 34.1 Å². The lowest BCUT2D eigenvalue weighted by molar-refractivity contribution is 0.0740. The Labute approximate surface area is 123 Å². The van der Waals surface area contributed by atoms with Gasteiger partial charge in [-0.3, -0.25) is 9.58 Å². The standard InChI is InChI=1S/C16H30N4/c1-6-13(4)15-11-20(16(9-17-15)12(2)3)10-14-7-8-19(5)18-14/h7-8,12-13,15-17H,6,9-11H2,1-5H3. The van der Waals surface area contributed by atoms with Gasteiger partial charge in [0.05, 0.1) is 5.69 Å². The van der Waals surface area contributed by atoms with E-state index in [-0.39, 0.29) is 0 Å². The maximum absolute atomic E-state index is 4.54. The molecule has 1 aromatic heterocycles. The van der Waals surface area contributed by atoms with E-state index in [4.69, 9.17) is 0 Å². The van der Waals surface area contributed by atoms with Gasteiger partial charge in [-0.05, 0) is 17.9 Å². The molecule has 1 aromatic rings. The Bertz CT molecular complexity index is 412. The summed E-state index contributed by atoms with van der Waals surface area (Å²) >= 11 is 0. The Balaban J connectivity index is 2.06. The van der Waals surface area contributed by atoms with Crippen LogP contribution in [0.5, 0.6) is 0 Å². The fourth-order valence-corrected chi connectivity index (χ4v) is 3.11. The average Bonchev–Trinajstić information content (AvgIpc) is 2.82. The highest BCUT2D eigenvalue weighted by atomic mass is 15.3. The van der Waals surface area contributed by atoms with E-state index in [1.165, 1.54) is 12.1 Å². The summed E-state index contributed by atoms with van der Waals surface area (Å²) < 4.78 is 1.90. The van der Waals surface area contributed by atoms with Crippen LogP contribution in [0.3, 0.4) is 0 Å². The zero-order valence-corrected chi connectivity index (χ0v) is 13.6. The van der Waals surface area contributed by atoms with E-state index >= 15 is 0 Å². The molecule has 2 rings (SSSR count). The highest BCUT2D eigenvalue weighted by molar-refractivity contribution is 5.01. The summed E-state index contributed by atoms with van der Waals surface area (Å²) in [6.45, 7) is 12.5. The molecule has 20 heavy (non-hydrogen) atoms. The van der Waals surface area contributed by atoms with E-state index in [1.807, 2.05) is 17.9 Å². The lowest BCUT2D eigenvalue weighted by Crippen LogP contribution is -2.59. The van der Waals surface area contributed by atoms with Crippen LogP contribution in [0, 0.1) is 11.8 Å². The van der Waals surface area contributed by atoms with Gasteiger partial charge >= 0.3 is 0 Å². The van der Waals surface area contributed by atoms with Gasteiger partial charge in [0.2, 0.25) is 0 Å². The van der Waals surface area contributed by atoms with Crippen LogP contribution >= 0.6 is 0 Å². The molecule has 1 aliphatic heterocycles. The Kier molecular flexibility index (Phi) is 5.22. The van der Waals surface area contributed by atoms with Crippen LogP contribution in [0.25, 0.3) is 0 Å². The molecule has 0 bridgehead atoms. The lowest BCUT2D eigenvalue weighted by atomic mass is 9.92. The first-order valence-corrected chi connectivity index (χ1v) is 7.97. The van der Waals surface area contributed by atoms with Gasteiger partial charge in [0, 0.05) is 45.0 Å². The fourth-order valence-electron chi connectivity index (χ4n) is 3.11. The third kappa shape index (κ3) is 3.61. The lowest BCUT2D eigenvalue weighted by Gasteiger charge is -2.43. The van der Waals surface area contributed by atoms with Gasteiger partial charge in [-0.2, -0.15) is 5.10 Å². The number of aryl methyl sites for hydroxylation is 1. The van der Waals surface area contributed by atoms with E-state index in [0.29, 0.717) is 18.0 Å². The van der Waals surface area contributed by atoms with E-state index in [2.05, 4.69) is 49.1 Å². The molecule has 1 saturated heterocycles. The van der Waals surface area contributed by atoms with Gasteiger partial charge in [0.25, 0.3) is 0 Å². The summed E-state index contributed by atoms with van der Waals surface area (Å²) in [6, 6.07) is 3.36. The number of hydrogen-bond acceptors (Lipinski definition) is 3. The molecule has 2 heterocycles. The van der Waals surface area contributed by atoms with Crippen LogP contribution in [-0.4, -0.2) is 39.9 Å². The van der Waals surface area contributed by atoms with Crippen molar-refractivity contribution >= 4 is 0 Å². The van der Waals surface area contributed by atoms with Crippen molar-refractivity contribution in [3.05, 3.63) is 18.0 Å². The Morgan fingerprint density at radius 1 is 1.40 bits per heavy atom. The predicted molar refractivity (Wildman–Crippen MR) is 83.5 cm³/mol. The summed E-state index contributed by atoms with van der Waals surface area (Å²) in [5, 5.41) is 8.30. The fraction of sp³-hybridized carbons (Fsp3) is 0.812. The normalized spacial score (nSPS) is 26.1. The summed E-state index contributed by atoms with van der Waals surface area (Å²) in [7, 11) is 1.99. The number of aromatic nitrogens is 2. The second-order valence-corrected chi connectivity index (χ2v) is 6.62. The molecule has 0 aliphatic carbocycles. The number of piperazine rings is 1. The number of nitrogens with zero attached hydrogens (tertiary/aromatic N) is 3. The third-order valence-corrected chi connectivity index (χ3v) is 4.72. The quantitative estimate of drug-likeness (QED) is 0.897. The zero-order valence-electron chi connectivity index (χ0n) is 13.6. The van der Waals surface area contributed by atoms with Crippen molar-refractivity contribution in [1.29, 1.82) is 0 Å². The molecular weight excluding hydrogens is 248 g/mol. The van der Waals surface area contributed by atoms with Gasteiger partial charge in [-0.25, -0.2) is 0 Å². The van der Waals surface area contributed by atoms with Crippen molar-refractivity contribution < 1.29 is 0 Å². The number of nitrogens with one attached hydrogen (secondary N) is 1. The van der Waals surface area contributed by atoms with Crippen LogP contribution in [0.4, 0.5) is 0 Å². The van der Waals surface area contributed by atoms with Crippen molar-refractivity contribution in [3.8, 4) is 0 Å². The van der Waals surface area contributed by atoms with Crippen molar-refractivity contribution in [2.75, 3.05) is 13.1 Å². The minimum atomic E-state index is 0.609. The van der Waals surface area contributed by atoms with E-state index in [1.54, 1.807) is 0 Å². The average molecular weight is 278 g/mol. The van der Waals surface area contributed by atoms with E-state index in [0.717, 1.165) is 25.6 Å². The molecule has 0 aromatic carbocycles. The van der Waals surface area contributed by atoms with Crippen LogP contribution in [0.15, 0.2) is 12.3 Å². The smallest absolute Gasteiger partial charge is 0.0764 e. The maximum atomic E-state index is 4.54. The van der Waals surface area contributed by atoms with Crippen LogP contribution in [0.1, 0.15) is 39.8 Å². The third-order valence-electron chi connectivity index (χ3n) is 4.72. The molecule has 0 amide bonds. The molecule has 0 radical (unpaired) electrons. The van der Waals surface area contributed by atoms with Crippen molar-refractivity contribution in [1.82, 2.24) is 20.0 Å². The first-order valence-electron chi connectivity index (χ1n) is 7.97. The van der Waals surface area contributed by atoms with E-state index < -0.39 is 0 Å². The van der Waals surface area contributed by atoms with Gasteiger partial charge in [-0.15, -0.1) is 0 Å².